The van der Waals surface area contributed by atoms with E-state index in [1.807, 2.05) is 21.7 Å². The van der Waals surface area contributed by atoms with Gasteiger partial charge >= 0.3 is 0 Å². The van der Waals surface area contributed by atoms with Crippen LogP contribution in [0.5, 0.6) is 5.75 Å². The van der Waals surface area contributed by atoms with Crippen molar-refractivity contribution in [2.75, 3.05) is 13.2 Å². The van der Waals surface area contributed by atoms with Crippen LogP contribution in [-0.2, 0) is 4.79 Å². The lowest BCUT2D eigenvalue weighted by molar-refractivity contribution is -0.135. The van der Waals surface area contributed by atoms with Crippen molar-refractivity contribution < 1.29 is 13.9 Å². The molecule has 1 aliphatic rings. The molecule has 1 N–H and O–H groups in total. The number of benzene rings is 1. The van der Waals surface area contributed by atoms with E-state index in [4.69, 9.17) is 4.74 Å². The van der Waals surface area contributed by atoms with E-state index in [-0.39, 0.29) is 29.9 Å². The van der Waals surface area contributed by atoms with E-state index in [1.165, 1.54) is 12.1 Å². The number of nitrogens with one attached hydrogen (secondary N) is 1. The van der Waals surface area contributed by atoms with Crippen LogP contribution in [0, 0.1) is 5.82 Å². The first-order valence-electron chi connectivity index (χ1n) is 10.4. The molecule has 4 rings (SSSR count). The van der Waals surface area contributed by atoms with Crippen molar-refractivity contribution in [3.63, 3.8) is 0 Å². The molecule has 3 heterocycles. The van der Waals surface area contributed by atoms with Crippen molar-refractivity contribution in [2.24, 2.45) is 0 Å². The van der Waals surface area contributed by atoms with Gasteiger partial charge in [-0.1, -0.05) is 12.1 Å². The highest BCUT2D eigenvalue weighted by atomic mass is 32.1. The molecule has 0 spiro atoms. The van der Waals surface area contributed by atoms with Gasteiger partial charge in [0.2, 0.25) is 5.91 Å². The zero-order valence-electron chi connectivity index (χ0n) is 17.1. The summed E-state index contributed by atoms with van der Waals surface area (Å²) in [6, 6.07) is 9.39. The molecular formula is C23H24FN3O3S. The zero-order chi connectivity index (χ0) is 21.6. The standard InChI is InChI=1S/C23H24FN3O3S/c24-17-6-1-2-8-20(17)30-12-5-9-22(29)27-11-4-3-7-19(27)23-25-18(14-21(28)26-23)16-10-13-31-15-16/h1-2,6,8,10,13-15,19H,3-5,7,9,11-12H2,(H,25,26,28)/t19-/m0/s1. The Morgan fingerprint density at radius 2 is 2.16 bits per heavy atom. The Kier molecular flexibility index (Phi) is 6.76. The predicted molar refractivity (Wildman–Crippen MR) is 118 cm³/mol. The van der Waals surface area contributed by atoms with Crippen LogP contribution in [0.3, 0.4) is 0 Å². The third-order valence-corrected chi connectivity index (χ3v) is 6.03. The highest BCUT2D eigenvalue weighted by Gasteiger charge is 2.29. The highest BCUT2D eigenvalue weighted by molar-refractivity contribution is 7.08. The van der Waals surface area contributed by atoms with Crippen molar-refractivity contribution >= 4 is 17.2 Å². The predicted octanol–water partition coefficient (Wildman–Crippen LogP) is 4.55. The molecule has 1 saturated heterocycles. The number of nitrogens with zero attached hydrogens (tertiary/aromatic N) is 2. The quantitative estimate of drug-likeness (QED) is 0.546. The molecule has 2 aromatic heterocycles. The van der Waals surface area contributed by atoms with Crippen LogP contribution >= 0.6 is 11.3 Å². The van der Waals surface area contributed by atoms with E-state index in [0.717, 1.165) is 24.8 Å². The summed E-state index contributed by atoms with van der Waals surface area (Å²) < 4.78 is 19.1. The number of likely N-dealkylation sites (tertiary alicyclic amines) is 1. The number of piperidine rings is 1. The van der Waals surface area contributed by atoms with Crippen LogP contribution in [0.15, 0.2) is 52.0 Å². The van der Waals surface area contributed by atoms with Gasteiger partial charge in [-0.15, -0.1) is 0 Å². The number of amides is 1. The molecule has 0 unspecified atom stereocenters. The molecular weight excluding hydrogens is 417 g/mol. The summed E-state index contributed by atoms with van der Waals surface area (Å²) >= 11 is 1.55. The number of thiophene rings is 1. The van der Waals surface area contributed by atoms with Crippen molar-refractivity contribution in [1.82, 2.24) is 14.9 Å². The molecule has 3 aromatic rings. The number of aromatic amines is 1. The molecule has 1 aliphatic heterocycles. The van der Waals surface area contributed by atoms with Gasteiger partial charge in [0.05, 0.1) is 18.3 Å². The third-order valence-electron chi connectivity index (χ3n) is 5.34. The Labute approximate surface area is 183 Å². The van der Waals surface area contributed by atoms with Crippen LogP contribution in [-0.4, -0.2) is 33.9 Å². The first-order valence-corrected chi connectivity index (χ1v) is 11.4. The lowest BCUT2D eigenvalue weighted by Gasteiger charge is -2.35. The van der Waals surface area contributed by atoms with Crippen molar-refractivity contribution in [1.29, 1.82) is 0 Å². The molecule has 8 heteroatoms. The molecule has 1 atom stereocenters. The summed E-state index contributed by atoms with van der Waals surface area (Å²) in [5.41, 5.74) is 1.30. The maximum atomic E-state index is 13.6. The molecule has 1 aromatic carbocycles. The monoisotopic (exact) mass is 441 g/mol. The number of carbonyl (C=O) groups excluding carboxylic acids is 1. The minimum Gasteiger partial charge on any atom is -0.491 e. The summed E-state index contributed by atoms with van der Waals surface area (Å²) in [7, 11) is 0. The van der Waals surface area contributed by atoms with Gasteiger partial charge in [-0.25, -0.2) is 9.37 Å². The Bertz CT molecular complexity index is 1080. The minimum atomic E-state index is -0.412. The fraction of sp³-hybridized carbons (Fsp3) is 0.348. The van der Waals surface area contributed by atoms with E-state index >= 15 is 0 Å². The SMILES string of the molecule is O=C(CCCOc1ccccc1F)N1CCCC[C@H]1c1nc(-c2ccsc2)cc(=O)[nH]1. The van der Waals surface area contributed by atoms with Crippen molar-refractivity contribution in [3.05, 3.63) is 69.2 Å². The van der Waals surface area contributed by atoms with Crippen LogP contribution in [0.2, 0.25) is 0 Å². The van der Waals surface area contributed by atoms with Gasteiger partial charge in [-0.2, -0.15) is 11.3 Å². The Morgan fingerprint density at radius 1 is 1.29 bits per heavy atom. The molecule has 31 heavy (non-hydrogen) atoms. The third kappa shape index (κ3) is 5.19. The number of halogens is 1. The maximum Gasteiger partial charge on any atom is 0.251 e. The first-order chi connectivity index (χ1) is 15.1. The number of rotatable bonds is 7. The van der Waals surface area contributed by atoms with E-state index < -0.39 is 5.82 Å². The van der Waals surface area contributed by atoms with Gasteiger partial charge in [-0.05, 0) is 49.3 Å². The summed E-state index contributed by atoms with van der Waals surface area (Å²) in [6.45, 7) is 0.887. The second-order valence-corrected chi connectivity index (χ2v) is 8.29. The largest absolute Gasteiger partial charge is 0.491 e. The van der Waals surface area contributed by atoms with Gasteiger partial charge < -0.3 is 14.6 Å². The minimum absolute atomic E-state index is 0.00887. The topological polar surface area (TPSA) is 75.3 Å². The molecule has 0 radical (unpaired) electrons. The van der Waals surface area contributed by atoms with Gasteiger partial charge in [-0.3, -0.25) is 9.59 Å². The average molecular weight is 442 g/mol. The van der Waals surface area contributed by atoms with Gasteiger partial charge in [0, 0.05) is 30.0 Å². The van der Waals surface area contributed by atoms with Gasteiger partial charge in [0.25, 0.3) is 5.56 Å². The van der Waals surface area contributed by atoms with E-state index in [2.05, 4.69) is 9.97 Å². The normalized spacial score (nSPS) is 16.3. The highest BCUT2D eigenvalue weighted by Crippen LogP contribution is 2.30. The van der Waals surface area contributed by atoms with Crippen LogP contribution in [0.25, 0.3) is 11.3 Å². The molecule has 1 fully saturated rings. The fourth-order valence-electron chi connectivity index (χ4n) is 3.82. The average Bonchev–Trinajstić information content (AvgIpc) is 3.32. The first kappa shape index (κ1) is 21.2. The number of hydrogen-bond donors (Lipinski definition) is 1. The number of carbonyl (C=O) groups is 1. The molecule has 0 bridgehead atoms. The van der Waals surface area contributed by atoms with Crippen LogP contribution in [0.1, 0.15) is 44.0 Å². The van der Waals surface area contributed by atoms with E-state index in [0.29, 0.717) is 30.9 Å². The second kappa shape index (κ2) is 9.87. The molecule has 162 valence electrons. The lowest BCUT2D eigenvalue weighted by Crippen LogP contribution is -2.40. The fourth-order valence-corrected chi connectivity index (χ4v) is 4.47. The van der Waals surface area contributed by atoms with Gasteiger partial charge in [0.15, 0.2) is 11.6 Å². The number of hydrogen-bond acceptors (Lipinski definition) is 5. The summed E-state index contributed by atoms with van der Waals surface area (Å²) in [6.07, 6.45) is 3.42. The maximum absolute atomic E-state index is 13.6. The smallest absolute Gasteiger partial charge is 0.251 e. The van der Waals surface area contributed by atoms with Gasteiger partial charge in [0.1, 0.15) is 5.82 Å². The zero-order valence-corrected chi connectivity index (χ0v) is 17.9. The number of para-hydroxylation sites is 1. The van der Waals surface area contributed by atoms with Crippen molar-refractivity contribution in [3.8, 4) is 17.0 Å². The summed E-state index contributed by atoms with van der Waals surface area (Å²) in [5.74, 6) is 0.304. The molecule has 1 amide bonds. The number of ether oxygens (including phenoxy) is 1. The summed E-state index contributed by atoms with van der Waals surface area (Å²) in [4.78, 5) is 34.5. The van der Waals surface area contributed by atoms with Crippen LogP contribution in [0.4, 0.5) is 4.39 Å². The second-order valence-electron chi connectivity index (χ2n) is 7.51. The Morgan fingerprint density at radius 3 is 2.97 bits per heavy atom. The number of aromatic nitrogens is 2. The Balaban J connectivity index is 1.42. The molecule has 0 aliphatic carbocycles. The molecule has 0 saturated carbocycles. The summed E-state index contributed by atoms with van der Waals surface area (Å²) in [5, 5.41) is 3.89. The lowest BCUT2D eigenvalue weighted by atomic mass is 10.0. The van der Waals surface area contributed by atoms with Crippen LogP contribution < -0.4 is 10.3 Å². The van der Waals surface area contributed by atoms with E-state index in [9.17, 15) is 14.0 Å². The Hall–Kier alpha value is -3.00. The van der Waals surface area contributed by atoms with E-state index in [1.54, 1.807) is 29.5 Å². The van der Waals surface area contributed by atoms with Crippen molar-refractivity contribution in [2.45, 2.75) is 38.1 Å². The molecule has 6 nitrogen and oxygen atoms in total. The number of H-pyrrole nitrogens is 1.